The van der Waals surface area contributed by atoms with Gasteiger partial charge in [0.25, 0.3) is 0 Å². The highest BCUT2D eigenvalue weighted by molar-refractivity contribution is 6.25. The second kappa shape index (κ2) is 6.21. The van der Waals surface area contributed by atoms with Crippen molar-refractivity contribution in [2.75, 3.05) is 5.84 Å². The van der Waals surface area contributed by atoms with Crippen LogP contribution in [0.5, 0.6) is 0 Å². The maximum atomic E-state index is 6.58. The molecule has 0 unspecified atom stereocenters. The Kier molecular flexibility index (Phi) is 3.25. The highest BCUT2D eigenvalue weighted by Crippen LogP contribution is 2.41. The molecule has 0 aliphatic carbocycles. The van der Waals surface area contributed by atoms with E-state index in [9.17, 15) is 0 Å². The summed E-state index contributed by atoms with van der Waals surface area (Å²) in [6, 6.07) is 36.0. The van der Waals surface area contributed by atoms with E-state index < -0.39 is 0 Å². The number of hydrogen-bond donors (Lipinski definition) is 1. The molecular weight excluding hydrogens is 418 g/mol. The number of aromatic nitrogens is 2. The molecule has 0 amide bonds. The van der Waals surface area contributed by atoms with Gasteiger partial charge in [0.15, 0.2) is 0 Å². The van der Waals surface area contributed by atoms with Crippen molar-refractivity contribution in [3.05, 3.63) is 103 Å². The van der Waals surface area contributed by atoms with Crippen LogP contribution in [0.1, 0.15) is 0 Å². The van der Waals surface area contributed by atoms with Crippen LogP contribution in [-0.4, -0.2) is 9.24 Å². The summed E-state index contributed by atoms with van der Waals surface area (Å²) in [7, 11) is 0. The molecular formula is C30H19N3O. The molecule has 4 nitrogen and oxygen atoms in total. The quantitative estimate of drug-likeness (QED) is 0.270. The largest absolute Gasteiger partial charge is 0.455 e. The molecule has 0 saturated heterocycles. The highest BCUT2D eigenvalue weighted by atomic mass is 16.3. The van der Waals surface area contributed by atoms with Gasteiger partial charge in [0.1, 0.15) is 11.2 Å². The molecule has 3 aromatic heterocycles. The molecule has 34 heavy (non-hydrogen) atoms. The fourth-order valence-electron chi connectivity index (χ4n) is 5.63. The van der Waals surface area contributed by atoms with Crippen molar-refractivity contribution < 1.29 is 4.42 Å². The van der Waals surface area contributed by atoms with E-state index >= 15 is 0 Å². The van der Waals surface area contributed by atoms with Crippen LogP contribution in [0.2, 0.25) is 0 Å². The number of para-hydroxylation sites is 3. The Balaban J connectivity index is 1.57. The average molecular weight is 438 g/mol. The zero-order valence-corrected chi connectivity index (χ0v) is 18.2. The molecule has 0 atom stereocenters. The van der Waals surface area contributed by atoms with Gasteiger partial charge in [-0.1, -0.05) is 54.6 Å². The van der Waals surface area contributed by atoms with E-state index in [0.717, 1.165) is 49.4 Å². The van der Waals surface area contributed by atoms with Crippen molar-refractivity contribution in [3.8, 4) is 5.69 Å². The third-order valence-corrected chi connectivity index (χ3v) is 7.12. The van der Waals surface area contributed by atoms with Crippen LogP contribution >= 0.6 is 0 Å². The minimum atomic E-state index is 0.885. The zero-order chi connectivity index (χ0) is 22.4. The van der Waals surface area contributed by atoms with Crippen LogP contribution in [0.4, 0.5) is 0 Å². The van der Waals surface area contributed by atoms with Gasteiger partial charge >= 0.3 is 0 Å². The number of fused-ring (bicyclic) bond motifs is 10. The molecule has 3 heterocycles. The molecule has 0 aliphatic rings. The molecule has 0 spiro atoms. The predicted molar refractivity (Wildman–Crippen MR) is 141 cm³/mol. The normalized spacial score (nSPS) is 12.2. The zero-order valence-electron chi connectivity index (χ0n) is 18.2. The van der Waals surface area contributed by atoms with Crippen LogP contribution in [0.15, 0.2) is 108 Å². The number of nitrogens with two attached hydrogens (primary N) is 1. The molecule has 5 aromatic carbocycles. The van der Waals surface area contributed by atoms with Crippen molar-refractivity contribution in [2.45, 2.75) is 0 Å². The molecule has 0 bridgehead atoms. The van der Waals surface area contributed by atoms with Crippen LogP contribution in [0.3, 0.4) is 0 Å². The summed E-state index contributed by atoms with van der Waals surface area (Å²) in [6.45, 7) is 0. The Morgan fingerprint density at radius 2 is 1.26 bits per heavy atom. The van der Waals surface area contributed by atoms with Gasteiger partial charge in [-0.2, -0.15) is 0 Å². The van der Waals surface area contributed by atoms with Gasteiger partial charge in [-0.15, -0.1) is 0 Å². The van der Waals surface area contributed by atoms with E-state index in [4.69, 9.17) is 10.3 Å². The maximum absolute atomic E-state index is 6.58. The minimum absolute atomic E-state index is 0.885. The smallest absolute Gasteiger partial charge is 0.145 e. The van der Waals surface area contributed by atoms with Crippen LogP contribution < -0.4 is 5.84 Å². The Bertz CT molecular complexity index is 2070. The number of hydrogen-bond acceptors (Lipinski definition) is 2. The van der Waals surface area contributed by atoms with Gasteiger partial charge in [0, 0.05) is 32.6 Å². The molecule has 0 fully saturated rings. The van der Waals surface area contributed by atoms with Crippen molar-refractivity contribution in [1.82, 2.24) is 9.24 Å². The van der Waals surface area contributed by atoms with Gasteiger partial charge < -0.3 is 14.8 Å². The van der Waals surface area contributed by atoms with E-state index in [1.807, 2.05) is 18.2 Å². The fraction of sp³-hybridized carbons (Fsp3) is 0. The van der Waals surface area contributed by atoms with Crippen LogP contribution in [0, 0.1) is 0 Å². The molecule has 8 aromatic rings. The van der Waals surface area contributed by atoms with Gasteiger partial charge in [-0.25, -0.2) is 0 Å². The minimum Gasteiger partial charge on any atom is -0.455 e. The van der Waals surface area contributed by atoms with Gasteiger partial charge in [0.05, 0.1) is 27.5 Å². The molecule has 0 saturated carbocycles. The van der Waals surface area contributed by atoms with E-state index in [1.54, 1.807) is 4.68 Å². The third kappa shape index (κ3) is 2.12. The number of benzene rings is 5. The first-order chi connectivity index (χ1) is 16.8. The highest BCUT2D eigenvalue weighted by Gasteiger charge is 2.19. The second-order valence-corrected chi connectivity index (χ2v) is 8.88. The number of nitrogens with zero attached hydrogens (tertiary/aromatic N) is 2. The van der Waals surface area contributed by atoms with Gasteiger partial charge in [-0.05, 0) is 48.5 Å². The Morgan fingerprint density at radius 1 is 0.529 bits per heavy atom. The van der Waals surface area contributed by atoms with E-state index in [1.165, 1.54) is 21.8 Å². The lowest BCUT2D eigenvalue weighted by atomic mass is 10.1. The number of nitrogen functional groups attached to an aromatic ring is 1. The lowest BCUT2D eigenvalue weighted by Gasteiger charge is -2.07. The summed E-state index contributed by atoms with van der Waals surface area (Å²) in [6.07, 6.45) is 0. The molecule has 160 valence electrons. The Morgan fingerprint density at radius 3 is 2.12 bits per heavy atom. The van der Waals surface area contributed by atoms with Crippen LogP contribution in [-0.2, 0) is 0 Å². The van der Waals surface area contributed by atoms with E-state index in [2.05, 4.69) is 89.5 Å². The Labute approximate surface area is 194 Å². The third-order valence-electron chi connectivity index (χ3n) is 7.12. The standard InChI is InChI=1S/C30H19N3O/c31-33-25-13-7-5-11-21(25)29-26(33)15-14-20-23-16-27-22(17-28(23)34-30(20)29)19-10-4-6-12-24(19)32(27)18-8-2-1-3-9-18/h1-17H,31H2. The first-order valence-corrected chi connectivity index (χ1v) is 11.4. The van der Waals surface area contributed by atoms with Crippen LogP contribution in [0.25, 0.3) is 71.2 Å². The summed E-state index contributed by atoms with van der Waals surface area (Å²) in [4.78, 5) is 0. The summed E-state index contributed by atoms with van der Waals surface area (Å²) in [5.41, 5.74) is 7.25. The monoisotopic (exact) mass is 437 g/mol. The topological polar surface area (TPSA) is 49.0 Å². The molecule has 8 rings (SSSR count). The molecule has 0 aliphatic heterocycles. The summed E-state index contributed by atoms with van der Waals surface area (Å²) >= 11 is 0. The predicted octanol–water partition coefficient (Wildman–Crippen LogP) is 7.50. The van der Waals surface area contributed by atoms with Crippen molar-refractivity contribution in [3.63, 3.8) is 0 Å². The fourth-order valence-corrected chi connectivity index (χ4v) is 5.63. The first kappa shape index (κ1) is 17.8. The SMILES string of the molecule is Nn1c2ccccc2c2c3oc4cc5c6ccccc6n(-c6ccccc6)c5cc4c3ccc21. The van der Waals surface area contributed by atoms with Crippen molar-refractivity contribution in [1.29, 1.82) is 0 Å². The maximum Gasteiger partial charge on any atom is 0.145 e. The van der Waals surface area contributed by atoms with Gasteiger partial charge in [0.2, 0.25) is 0 Å². The number of furan rings is 1. The summed E-state index contributed by atoms with van der Waals surface area (Å²) < 4.78 is 10.7. The molecule has 4 heteroatoms. The number of rotatable bonds is 1. The lowest BCUT2D eigenvalue weighted by molar-refractivity contribution is 0.673. The summed E-state index contributed by atoms with van der Waals surface area (Å²) in [5.74, 6) is 6.44. The van der Waals surface area contributed by atoms with E-state index in [0.29, 0.717) is 0 Å². The lowest BCUT2D eigenvalue weighted by Crippen LogP contribution is -2.06. The Hall–Kier alpha value is -4.70. The molecule has 0 radical (unpaired) electrons. The van der Waals surface area contributed by atoms with E-state index in [-0.39, 0.29) is 0 Å². The van der Waals surface area contributed by atoms with Gasteiger partial charge in [-0.3, -0.25) is 4.68 Å². The summed E-state index contributed by atoms with van der Waals surface area (Å²) in [5, 5.41) is 6.78. The second-order valence-electron chi connectivity index (χ2n) is 8.88. The first-order valence-electron chi connectivity index (χ1n) is 11.4. The molecule has 2 N–H and O–H groups in total. The van der Waals surface area contributed by atoms with Crippen molar-refractivity contribution in [2.24, 2.45) is 0 Å². The average Bonchev–Trinajstić information content (AvgIpc) is 3.51. The van der Waals surface area contributed by atoms with Crippen molar-refractivity contribution >= 4 is 65.6 Å².